The molecular weight excluding hydrogens is 323 g/mol. The lowest BCUT2D eigenvalue weighted by atomic mass is 10.2. The van der Waals surface area contributed by atoms with E-state index < -0.39 is 4.92 Å². The number of hydrogen-bond acceptors (Lipinski definition) is 6. The molecule has 1 heterocycles. The molecule has 20 heavy (non-hydrogen) atoms. The Balaban J connectivity index is 2.15. The molecule has 6 nitrogen and oxygen atoms in total. The summed E-state index contributed by atoms with van der Waals surface area (Å²) < 4.78 is 0. The fraction of sp³-hybridized carbons (Fsp3) is 0.182. The van der Waals surface area contributed by atoms with Crippen LogP contribution in [-0.2, 0) is 6.54 Å². The number of anilines is 2. The molecule has 2 rings (SSSR count). The zero-order valence-electron chi connectivity index (χ0n) is 10.3. The summed E-state index contributed by atoms with van der Waals surface area (Å²) in [6, 6.07) is 2.52. The molecule has 0 aliphatic heterocycles. The molecule has 0 aliphatic carbocycles. The minimum Gasteiger partial charge on any atom is -0.377 e. The van der Waals surface area contributed by atoms with Crippen LogP contribution >= 0.6 is 34.5 Å². The first kappa shape index (κ1) is 14.8. The van der Waals surface area contributed by atoms with E-state index in [0.717, 1.165) is 10.8 Å². The topological polar surface area (TPSA) is 80.1 Å². The average molecular weight is 333 g/mol. The van der Waals surface area contributed by atoms with Gasteiger partial charge in [0.05, 0.1) is 32.9 Å². The van der Waals surface area contributed by atoms with Crippen LogP contribution in [-0.4, -0.2) is 17.0 Å². The second-order valence-electron chi connectivity index (χ2n) is 3.79. The minimum atomic E-state index is -0.541. The highest BCUT2D eigenvalue weighted by Gasteiger charge is 2.14. The average Bonchev–Trinajstić information content (AvgIpc) is 2.85. The fourth-order valence-electron chi connectivity index (χ4n) is 1.52. The van der Waals surface area contributed by atoms with Gasteiger partial charge >= 0.3 is 0 Å². The molecule has 0 fully saturated rings. The van der Waals surface area contributed by atoms with Gasteiger partial charge in [0.25, 0.3) is 5.69 Å². The molecule has 9 heteroatoms. The van der Waals surface area contributed by atoms with E-state index in [2.05, 4.69) is 15.6 Å². The summed E-state index contributed by atoms with van der Waals surface area (Å²) in [6.45, 7) is 0.426. The third-order valence-corrected chi connectivity index (χ3v) is 3.95. The van der Waals surface area contributed by atoms with Crippen molar-refractivity contribution in [3.63, 3.8) is 0 Å². The Morgan fingerprint density at radius 2 is 2.05 bits per heavy atom. The Hall–Kier alpha value is -1.57. The first-order chi connectivity index (χ1) is 9.51. The quantitative estimate of drug-likeness (QED) is 0.638. The Morgan fingerprint density at radius 3 is 2.55 bits per heavy atom. The number of nitrogens with zero attached hydrogens (tertiary/aromatic N) is 2. The summed E-state index contributed by atoms with van der Waals surface area (Å²) in [4.78, 5) is 14.4. The molecular formula is C11H10Cl2N4O2S. The van der Waals surface area contributed by atoms with Gasteiger partial charge < -0.3 is 10.6 Å². The maximum absolute atomic E-state index is 10.7. The van der Waals surface area contributed by atoms with Crippen LogP contribution in [0.5, 0.6) is 0 Å². The van der Waals surface area contributed by atoms with Crippen LogP contribution in [0.15, 0.2) is 17.5 Å². The SMILES string of the molecule is CNc1nc(CNc2c(Cl)cc([N+](=O)[O-])cc2Cl)cs1. The van der Waals surface area contributed by atoms with Crippen molar-refractivity contribution in [1.29, 1.82) is 0 Å². The van der Waals surface area contributed by atoms with Gasteiger partial charge in [-0.25, -0.2) is 4.98 Å². The molecule has 0 saturated carbocycles. The van der Waals surface area contributed by atoms with Gasteiger partial charge in [-0.2, -0.15) is 0 Å². The minimum absolute atomic E-state index is 0.142. The standard InChI is InChI=1S/C11H10Cl2N4O2S/c1-14-11-16-6(5-20-11)4-15-10-8(12)2-7(17(18)19)3-9(10)13/h2-3,5,15H,4H2,1H3,(H,14,16). The number of hydrogen-bond donors (Lipinski definition) is 2. The summed E-state index contributed by atoms with van der Waals surface area (Å²) in [5.74, 6) is 0. The third kappa shape index (κ3) is 3.30. The number of nitrogens with one attached hydrogen (secondary N) is 2. The Morgan fingerprint density at radius 1 is 1.40 bits per heavy atom. The lowest BCUT2D eigenvalue weighted by Gasteiger charge is -2.09. The van der Waals surface area contributed by atoms with Crippen molar-refractivity contribution in [1.82, 2.24) is 4.98 Å². The Labute approximate surface area is 128 Å². The second kappa shape index (κ2) is 6.25. The van der Waals surface area contributed by atoms with Crippen molar-refractivity contribution >= 4 is 51.0 Å². The Kier molecular flexibility index (Phi) is 4.64. The van der Waals surface area contributed by atoms with Crippen LogP contribution in [0.2, 0.25) is 10.0 Å². The number of non-ortho nitro benzene ring substituents is 1. The highest BCUT2D eigenvalue weighted by molar-refractivity contribution is 7.13. The molecule has 0 amide bonds. The molecule has 2 N–H and O–H groups in total. The summed E-state index contributed by atoms with van der Waals surface area (Å²) in [5, 5.41) is 19.8. The number of nitro benzene ring substituents is 1. The van der Waals surface area contributed by atoms with Gasteiger partial charge in [0.2, 0.25) is 0 Å². The second-order valence-corrected chi connectivity index (χ2v) is 5.46. The molecule has 2 aromatic rings. The largest absolute Gasteiger partial charge is 0.377 e. The van der Waals surface area contributed by atoms with Crippen LogP contribution in [0, 0.1) is 10.1 Å². The summed E-state index contributed by atoms with van der Waals surface area (Å²) in [6.07, 6.45) is 0. The van der Waals surface area contributed by atoms with Crippen molar-refractivity contribution in [2.24, 2.45) is 0 Å². The van der Waals surface area contributed by atoms with E-state index in [-0.39, 0.29) is 15.7 Å². The fourth-order valence-corrected chi connectivity index (χ4v) is 2.80. The van der Waals surface area contributed by atoms with E-state index in [1.807, 2.05) is 5.38 Å². The van der Waals surface area contributed by atoms with Crippen LogP contribution in [0.3, 0.4) is 0 Å². The van der Waals surface area contributed by atoms with Gasteiger partial charge in [-0.1, -0.05) is 23.2 Å². The molecule has 0 aliphatic rings. The molecule has 0 unspecified atom stereocenters. The highest BCUT2D eigenvalue weighted by atomic mass is 35.5. The molecule has 0 radical (unpaired) electrons. The number of rotatable bonds is 5. The first-order valence-corrected chi connectivity index (χ1v) is 7.14. The first-order valence-electron chi connectivity index (χ1n) is 5.50. The van der Waals surface area contributed by atoms with Crippen molar-refractivity contribution < 1.29 is 4.92 Å². The maximum Gasteiger partial charge on any atom is 0.272 e. The van der Waals surface area contributed by atoms with Crippen molar-refractivity contribution in [2.75, 3.05) is 17.7 Å². The summed E-state index contributed by atoms with van der Waals surface area (Å²) in [5.41, 5.74) is 1.14. The van der Waals surface area contributed by atoms with Gasteiger partial charge in [-0.3, -0.25) is 10.1 Å². The van der Waals surface area contributed by atoms with E-state index in [1.165, 1.54) is 23.5 Å². The van der Waals surface area contributed by atoms with Crippen LogP contribution in [0.25, 0.3) is 0 Å². The van der Waals surface area contributed by atoms with Crippen LogP contribution < -0.4 is 10.6 Å². The molecule has 0 spiro atoms. The Bertz CT molecular complexity index is 624. The van der Waals surface area contributed by atoms with Crippen LogP contribution in [0.1, 0.15) is 5.69 Å². The number of aromatic nitrogens is 1. The van der Waals surface area contributed by atoms with E-state index in [1.54, 1.807) is 7.05 Å². The number of thiazole rings is 1. The molecule has 0 atom stereocenters. The van der Waals surface area contributed by atoms with Gasteiger partial charge in [-0.05, 0) is 0 Å². The molecule has 0 bridgehead atoms. The maximum atomic E-state index is 10.7. The van der Waals surface area contributed by atoms with Crippen LogP contribution in [0.4, 0.5) is 16.5 Å². The molecule has 106 valence electrons. The molecule has 0 saturated heterocycles. The van der Waals surface area contributed by atoms with E-state index in [9.17, 15) is 10.1 Å². The lowest BCUT2D eigenvalue weighted by molar-refractivity contribution is -0.384. The summed E-state index contributed by atoms with van der Waals surface area (Å²) in [7, 11) is 1.79. The number of halogens is 2. The zero-order chi connectivity index (χ0) is 14.7. The smallest absolute Gasteiger partial charge is 0.272 e. The molecule has 1 aromatic carbocycles. The van der Waals surface area contributed by atoms with E-state index >= 15 is 0 Å². The van der Waals surface area contributed by atoms with Crippen molar-refractivity contribution in [2.45, 2.75) is 6.54 Å². The normalized spacial score (nSPS) is 10.3. The number of benzene rings is 1. The van der Waals surface area contributed by atoms with Gasteiger partial charge in [-0.15, -0.1) is 11.3 Å². The molecule has 1 aromatic heterocycles. The summed E-state index contributed by atoms with van der Waals surface area (Å²) >= 11 is 13.5. The van der Waals surface area contributed by atoms with Crippen molar-refractivity contribution in [3.8, 4) is 0 Å². The lowest BCUT2D eigenvalue weighted by Crippen LogP contribution is -2.02. The van der Waals surface area contributed by atoms with Crippen molar-refractivity contribution in [3.05, 3.63) is 43.4 Å². The van der Waals surface area contributed by atoms with E-state index in [4.69, 9.17) is 23.2 Å². The predicted molar refractivity (Wildman–Crippen MR) is 82.1 cm³/mol. The predicted octanol–water partition coefficient (Wildman–Crippen LogP) is 4.01. The highest BCUT2D eigenvalue weighted by Crippen LogP contribution is 2.35. The third-order valence-electron chi connectivity index (χ3n) is 2.45. The number of nitro groups is 1. The van der Waals surface area contributed by atoms with E-state index in [0.29, 0.717) is 12.2 Å². The zero-order valence-corrected chi connectivity index (χ0v) is 12.6. The van der Waals surface area contributed by atoms with Gasteiger partial charge in [0, 0.05) is 24.6 Å². The van der Waals surface area contributed by atoms with Gasteiger partial charge in [0.1, 0.15) is 0 Å². The van der Waals surface area contributed by atoms with Gasteiger partial charge in [0.15, 0.2) is 5.13 Å². The monoisotopic (exact) mass is 332 g/mol.